The van der Waals surface area contributed by atoms with Crippen molar-refractivity contribution in [1.29, 1.82) is 0 Å². The number of aryl methyl sites for hydroxylation is 1. The molecule has 0 amide bonds. The molecule has 3 nitrogen and oxygen atoms in total. The lowest BCUT2D eigenvalue weighted by atomic mass is 10.2. The summed E-state index contributed by atoms with van der Waals surface area (Å²) in [6.45, 7) is 4.13. The van der Waals surface area contributed by atoms with Crippen LogP contribution >= 0.6 is 11.6 Å². The molecule has 1 heterocycles. The van der Waals surface area contributed by atoms with Crippen LogP contribution in [0.5, 0.6) is 0 Å². The highest BCUT2D eigenvalue weighted by molar-refractivity contribution is 6.20. The Morgan fingerprint density at radius 1 is 1.35 bits per heavy atom. The maximum Gasteiger partial charge on any atom is 0.203 e. The first-order valence-corrected chi connectivity index (χ1v) is 6.33. The molecule has 2 unspecified atom stereocenters. The molecule has 0 aliphatic heterocycles. The molecule has 0 saturated carbocycles. The molecule has 92 valence electrons. The maximum absolute atomic E-state index is 5.99. The molecule has 0 aliphatic rings. The van der Waals surface area contributed by atoms with Crippen molar-refractivity contribution in [1.82, 2.24) is 9.55 Å². The highest BCUT2D eigenvalue weighted by atomic mass is 35.5. The predicted molar refractivity (Wildman–Crippen MR) is 73.7 cm³/mol. The smallest absolute Gasteiger partial charge is 0.203 e. The van der Waals surface area contributed by atoms with Crippen molar-refractivity contribution in [2.75, 3.05) is 5.32 Å². The van der Waals surface area contributed by atoms with Crippen LogP contribution in [0, 0.1) is 0 Å². The summed E-state index contributed by atoms with van der Waals surface area (Å²) < 4.78 is 2.07. The van der Waals surface area contributed by atoms with E-state index in [4.69, 9.17) is 11.6 Å². The number of anilines is 1. The Balaban J connectivity index is 2.21. The largest absolute Gasteiger partial charge is 0.353 e. The van der Waals surface area contributed by atoms with Crippen LogP contribution in [0.15, 0.2) is 24.3 Å². The van der Waals surface area contributed by atoms with Gasteiger partial charge in [0.1, 0.15) is 0 Å². The van der Waals surface area contributed by atoms with Gasteiger partial charge in [0, 0.05) is 18.5 Å². The summed E-state index contributed by atoms with van der Waals surface area (Å²) >= 11 is 5.99. The molecule has 2 atom stereocenters. The minimum atomic E-state index is 0.173. The zero-order chi connectivity index (χ0) is 12.4. The summed E-state index contributed by atoms with van der Waals surface area (Å²) in [6.07, 6.45) is 0.921. The van der Waals surface area contributed by atoms with Crippen molar-refractivity contribution in [3.63, 3.8) is 0 Å². The number of benzene rings is 1. The lowest BCUT2D eigenvalue weighted by molar-refractivity contribution is 0.685. The second kappa shape index (κ2) is 4.96. The zero-order valence-electron chi connectivity index (χ0n) is 10.4. The van der Waals surface area contributed by atoms with Gasteiger partial charge in [-0.15, -0.1) is 11.6 Å². The minimum absolute atomic E-state index is 0.173. The minimum Gasteiger partial charge on any atom is -0.353 e. The van der Waals surface area contributed by atoms with Crippen molar-refractivity contribution >= 4 is 28.6 Å². The fourth-order valence-electron chi connectivity index (χ4n) is 2.04. The third-order valence-electron chi connectivity index (χ3n) is 2.84. The lowest BCUT2D eigenvalue weighted by Gasteiger charge is -2.15. The van der Waals surface area contributed by atoms with Crippen LogP contribution in [0.1, 0.15) is 20.3 Å². The highest BCUT2D eigenvalue weighted by Gasteiger charge is 2.11. The molecule has 0 aliphatic carbocycles. The molecule has 0 saturated heterocycles. The van der Waals surface area contributed by atoms with E-state index >= 15 is 0 Å². The maximum atomic E-state index is 5.99. The Hall–Kier alpha value is -1.22. The van der Waals surface area contributed by atoms with Crippen molar-refractivity contribution in [3.05, 3.63) is 24.3 Å². The SMILES string of the molecule is CC(Cl)CC(C)Nc1nc2ccccc2n1C. The molecule has 0 spiro atoms. The van der Waals surface area contributed by atoms with E-state index in [9.17, 15) is 0 Å². The molecule has 4 heteroatoms. The molecular weight excluding hydrogens is 234 g/mol. The van der Waals surface area contributed by atoms with Crippen molar-refractivity contribution in [2.24, 2.45) is 7.05 Å². The molecular formula is C13H18ClN3. The summed E-state index contributed by atoms with van der Waals surface area (Å²) in [5.74, 6) is 0.899. The van der Waals surface area contributed by atoms with Gasteiger partial charge in [-0.2, -0.15) is 0 Å². The van der Waals surface area contributed by atoms with Crippen molar-refractivity contribution in [3.8, 4) is 0 Å². The van der Waals surface area contributed by atoms with E-state index in [0.29, 0.717) is 6.04 Å². The van der Waals surface area contributed by atoms with E-state index < -0.39 is 0 Å². The fraction of sp³-hybridized carbons (Fsp3) is 0.462. The standard InChI is InChI=1S/C13H18ClN3/c1-9(14)8-10(2)15-13-16-11-6-4-5-7-12(11)17(13)3/h4-7,9-10H,8H2,1-3H3,(H,15,16). The number of para-hydroxylation sites is 2. The van der Waals surface area contributed by atoms with Gasteiger partial charge in [-0.1, -0.05) is 12.1 Å². The summed E-state index contributed by atoms with van der Waals surface area (Å²) in [6, 6.07) is 8.44. The van der Waals surface area contributed by atoms with Gasteiger partial charge in [0.25, 0.3) is 0 Å². The summed E-state index contributed by atoms with van der Waals surface area (Å²) in [5.41, 5.74) is 2.16. The van der Waals surface area contributed by atoms with E-state index in [1.807, 2.05) is 32.2 Å². The normalized spacial score (nSPS) is 14.8. The highest BCUT2D eigenvalue weighted by Crippen LogP contribution is 2.19. The van der Waals surface area contributed by atoms with Gasteiger partial charge < -0.3 is 9.88 Å². The Labute approximate surface area is 107 Å². The Bertz CT molecular complexity index is 504. The van der Waals surface area contributed by atoms with Gasteiger partial charge in [-0.05, 0) is 32.4 Å². The van der Waals surface area contributed by atoms with Crippen LogP contribution < -0.4 is 5.32 Å². The summed E-state index contributed by atoms with van der Waals surface area (Å²) in [4.78, 5) is 4.57. The average molecular weight is 252 g/mol. The number of nitrogens with zero attached hydrogens (tertiary/aromatic N) is 2. The van der Waals surface area contributed by atoms with Gasteiger partial charge in [0.15, 0.2) is 0 Å². The summed E-state index contributed by atoms with van der Waals surface area (Å²) in [7, 11) is 2.02. The number of nitrogens with one attached hydrogen (secondary N) is 1. The lowest BCUT2D eigenvalue weighted by Crippen LogP contribution is -2.20. The first kappa shape index (κ1) is 12.2. The van der Waals surface area contributed by atoms with E-state index in [1.165, 1.54) is 0 Å². The predicted octanol–water partition coefficient (Wildman–Crippen LogP) is 3.39. The van der Waals surface area contributed by atoms with Gasteiger partial charge >= 0.3 is 0 Å². The molecule has 1 aromatic heterocycles. The molecule has 1 N–H and O–H groups in total. The van der Waals surface area contributed by atoms with Crippen LogP contribution in [0.25, 0.3) is 11.0 Å². The summed E-state index contributed by atoms with van der Waals surface area (Å²) in [5, 5.41) is 3.57. The number of aromatic nitrogens is 2. The van der Waals surface area contributed by atoms with E-state index in [2.05, 4.69) is 27.9 Å². The zero-order valence-corrected chi connectivity index (χ0v) is 11.2. The van der Waals surface area contributed by atoms with Crippen LogP contribution in [0.2, 0.25) is 0 Å². The van der Waals surface area contributed by atoms with Gasteiger partial charge in [0.2, 0.25) is 5.95 Å². The Morgan fingerprint density at radius 3 is 2.71 bits per heavy atom. The molecule has 0 bridgehead atoms. The van der Waals surface area contributed by atoms with Crippen molar-refractivity contribution < 1.29 is 0 Å². The number of imidazole rings is 1. The first-order valence-electron chi connectivity index (χ1n) is 5.90. The first-order chi connectivity index (χ1) is 8.08. The van der Waals surface area contributed by atoms with Crippen LogP contribution in [-0.2, 0) is 7.05 Å². The van der Waals surface area contributed by atoms with Gasteiger partial charge in [-0.25, -0.2) is 4.98 Å². The molecule has 2 rings (SSSR count). The van der Waals surface area contributed by atoms with Crippen LogP contribution in [0.4, 0.5) is 5.95 Å². The number of fused-ring (bicyclic) bond motifs is 1. The number of rotatable bonds is 4. The number of hydrogen-bond donors (Lipinski definition) is 1. The van der Waals surface area contributed by atoms with E-state index in [-0.39, 0.29) is 5.38 Å². The van der Waals surface area contributed by atoms with Gasteiger partial charge in [-0.3, -0.25) is 0 Å². The number of halogens is 1. The second-order valence-electron chi connectivity index (χ2n) is 4.54. The van der Waals surface area contributed by atoms with Crippen LogP contribution in [-0.4, -0.2) is 21.0 Å². The topological polar surface area (TPSA) is 29.9 Å². The number of alkyl halides is 1. The third kappa shape index (κ3) is 2.72. The molecule has 2 aromatic rings. The Morgan fingerprint density at radius 2 is 2.06 bits per heavy atom. The molecule has 0 radical (unpaired) electrons. The number of hydrogen-bond acceptors (Lipinski definition) is 2. The average Bonchev–Trinajstić information content (AvgIpc) is 2.55. The van der Waals surface area contributed by atoms with Crippen LogP contribution in [0.3, 0.4) is 0 Å². The van der Waals surface area contributed by atoms with E-state index in [0.717, 1.165) is 23.4 Å². The fourth-order valence-corrected chi connectivity index (χ4v) is 2.31. The van der Waals surface area contributed by atoms with E-state index in [1.54, 1.807) is 0 Å². The monoisotopic (exact) mass is 251 g/mol. The second-order valence-corrected chi connectivity index (χ2v) is 5.29. The quantitative estimate of drug-likeness (QED) is 0.845. The van der Waals surface area contributed by atoms with Gasteiger partial charge in [0.05, 0.1) is 11.0 Å². The molecule has 0 fully saturated rings. The molecule has 1 aromatic carbocycles. The Kier molecular flexibility index (Phi) is 3.57. The molecule has 17 heavy (non-hydrogen) atoms. The van der Waals surface area contributed by atoms with Crippen molar-refractivity contribution in [2.45, 2.75) is 31.7 Å². The third-order valence-corrected chi connectivity index (χ3v) is 3.02.